The number of rotatable bonds is 3. The Hall–Kier alpha value is -0.290. The van der Waals surface area contributed by atoms with Gasteiger partial charge in [0.1, 0.15) is 0 Å². The van der Waals surface area contributed by atoms with E-state index in [-0.39, 0.29) is 23.4 Å². The van der Waals surface area contributed by atoms with Crippen molar-refractivity contribution >= 4 is 0 Å². The summed E-state index contributed by atoms with van der Waals surface area (Å²) in [7, 11) is 0. The van der Waals surface area contributed by atoms with Crippen molar-refractivity contribution in [3.63, 3.8) is 0 Å². The Bertz CT molecular complexity index is 593. The monoisotopic (exact) mass is 402 g/mol. The van der Waals surface area contributed by atoms with Gasteiger partial charge in [0.15, 0.2) is 0 Å². The fourth-order valence-corrected chi connectivity index (χ4v) is 8.39. The standard InChI is InChI=1S/C23H37F3O2/c1-20-9-8-19-17(18(20)6-4-15(20)7-10-23(24,25)26)5-3-16-13-22(28,14-27)12-11-21(16,19)2/h15-19,27-28H,3-14H2,1-2H3. The Morgan fingerprint density at radius 3 is 2.29 bits per heavy atom. The molecule has 8 atom stereocenters. The van der Waals surface area contributed by atoms with Gasteiger partial charge in [-0.15, -0.1) is 0 Å². The molecule has 0 heterocycles. The van der Waals surface area contributed by atoms with Crippen molar-refractivity contribution in [2.45, 2.75) is 96.3 Å². The van der Waals surface area contributed by atoms with E-state index in [4.69, 9.17) is 0 Å². The van der Waals surface area contributed by atoms with Gasteiger partial charge >= 0.3 is 6.18 Å². The van der Waals surface area contributed by atoms with Crippen LogP contribution in [0.4, 0.5) is 13.2 Å². The molecule has 0 spiro atoms. The zero-order valence-corrected chi connectivity index (χ0v) is 17.4. The molecule has 2 nitrogen and oxygen atoms in total. The third-order valence-corrected chi connectivity index (χ3v) is 10.1. The zero-order chi connectivity index (χ0) is 20.4. The Balaban J connectivity index is 1.50. The zero-order valence-electron chi connectivity index (χ0n) is 17.4. The van der Waals surface area contributed by atoms with E-state index in [0.717, 1.165) is 44.9 Å². The molecule has 4 fully saturated rings. The molecule has 0 aromatic heterocycles. The van der Waals surface area contributed by atoms with Crippen molar-refractivity contribution in [3.05, 3.63) is 0 Å². The van der Waals surface area contributed by atoms with Crippen LogP contribution in [-0.2, 0) is 0 Å². The fraction of sp³-hybridized carbons (Fsp3) is 1.00. The van der Waals surface area contributed by atoms with Gasteiger partial charge in [-0.3, -0.25) is 0 Å². The van der Waals surface area contributed by atoms with Gasteiger partial charge in [0.25, 0.3) is 0 Å². The minimum absolute atomic E-state index is 0.0795. The SMILES string of the molecule is CC12CCC3C(CCC4CC(O)(CO)CCC43C)C1CCC2CCC(F)(F)F. The fourth-order valence-electron chi connectivity index (χ4n) is 8.39. The Morgan fingerprint density at radius 1 is 0.893 bits per heavy atom. The lowest BCUT2D eigenvalue weighted by Crippen LogP contribution is -2.56. The summed E-state index contributed by atoms with van der Waals surface area (Å²) in [6, 6.07) is 0. The number of fused-ring (bicyclic) bond motifs is 5. The van der Waals surface area contributed by atoms with Crippen LogP contribution in [0.5, 0.6) is 0 Å². The molecule has 0 bridgehead atoms. The van der Waals surface area contributed by atoms with Gasteiger partial charge in [0, 0.05) is 6.42 Å². The molecule has 162 valence electrons. The Labute approximate surface area is 167 Å². The van der Waals surface area contributed by atoms with Crippen LogP contribution in [0.15, 0.2) is 0 Å². The molecule has 0 amide bonds. The molecular weight excluding hydrogens is 365 g/mol. The summed E-state index contributed by atoms with van der Waals surface area (Å²) < 4.78 is 38.4. The van der Waals surface area contributed by atoms with Gasteiger partial charge in [-0.1, -0.05) is 13.8 Å². The van der Waals surface area contributed by atoms with Crippen LogP contribution in [0, 0.1) is 40.4 Å². The predicted molar refractivity (Wildman–Crippen MR) is 103 cm³/mol. The minimum Gasteiger partial charge on any atom is -0.393 e. The van der Waals surface area contributed by atoms with Gasteiger partial charge in [0.05, 0.1) is 12.2 Å². The second kappa shape index (κ2) is 6.87. The first-order chi connectivity index (χ1) is 13.0. The van der Waals surface area contributed by atoms with Gasteiger partial charge in [-0.05, 0) is 105 Å². The lowest BCUT2D eigenvalue weighted by atomic mass is 9.44. The van der Waals surface area contributed by atoms with Crippen LogP contribution in [0.1, 0.15) is 84.5 Å². The van der Waals surface area contributed by atoms with Gasteiger partial charge in [-0.25, -0.2) is 0 Å². The molecule has 5 heteroatoms. The third kappa shape index (κ3) is 3.33. The lowest BCUT2D eigenvalue weighted by Gasteiger charge is -2.62. The van der Waals surface area contributed by atoms with Crippen LogP contribution < -0.4 is 0 Å². The van der Waals surface area contributed by atoms with E-state index in [2.05, 4.69) is 13.8 Å². The number of halogens is 3. The maximum atomic E-state index is 12.8. The second-order valence-electron chi connectivity index (χ2n) is 11.2. The first-order valence-corrected chi connectivity index (χ1v) is 11.4. The maximum Gasteiger partial charge on any atom is 0.389 e. The molecule has 0 aliphatic heterocycles. The molecule has 0 radical (unpaired) electrons. The highest BCUT2D eigenvalue weighted by molar-refractivity contribution is 5.10. The topological polar surface area (TPSA) is 40.5 Å². The summed E-state index contributed by atoms with van der Waals surface area (Å²) >= 11 is 0. The molecule has 4 rings (SSSR count). The van der Waals surface area contributed by atoms with Gasteiger partial charge in [-0.2, -0.15) is 13.2 Å². The lowest BCUT2D eigenvalue weighted by molar-refractivity contribution is -0.162. The smallest absolute Gasteiger partial charge is 0.389 e. The number of aliphatic hydroxyl groups is 2. The molecule has 0 saturated heterocycles. The summed E-state index contributed by atoms with van der Waals surface area (Å²) in [5, 5.41) is 20.3. The van der Waals surface area contributed by atoms with E-state index in [9.17, 15) is 23.4 Å². The Kier molecular flexibility index (Phi) is 5.14. The number of alkyl halides is 3. The molecule has 0 aromatic rings. The highest BCUT2D eigenvalue weighted by Crippen LogP contribution is 2.68. The summed E-state index contributed by atoms with van der Waals surface area (Å²) in [4.78, 5) is 0. The predicted octanol–water partition coefficient (Wildman–Crippen LogP) is 5.71. The van der Waals surface area contributed by atoms with Crippen LogP contribution >= 0.6 is 0 Å². The maximum absolute atomic E-state index is 12.8. The van der Waals surface area contributed by atoms with Crippen molar-refractivity contribution in [3.8, 4) is 0 Å². The molecule has 4 aliphatic carbocycles. The summed E-state index contributed by atoms with van der Waals surface area (Å²) in [6.45, 7) is 4.56. The highest BCUT2D eigenvalue weighted by atomic mass is 19.4. The van der Waals surface area contributed by atoms with Crippen molar-refractivity contribution in [1.29, 1.82) is 0 Å². The highest BCUT2D eigenvalue weighted by Gasteiger charge is 2.61. The first kappa shape index (κ1) is 21.0. The quantitative estimate of drug-likeness (QED) is 0.635. The normalized spacial score (nSPS) is 51.3. The first-order valence-electron chi connectivity index (χ1n) is 11.4. The van der Waals surface area contributed by atoms with Crippen LogP contribution in [0.25, 0.3) is 0 Å². The van der Waals surface area contributed by atoms with E-state index in [1.54, 1.807) is 0 Å². The van der Waals surface area contributed by atoms with Crippen molar-refractivity contribution in [2.24, 2.45) is 40.4 Å². The molecule has 2 N–H and O–H groups in total. The molecular formula is C23H37F3O2. The number of hydrogen-bond acceptors (Lipinski definition) is 2. The molecule has 4 aliphatic rings. The van der Waals surface area contributed by atoms with E-state index in [0.29, 0.717) is 42.9 Å². The van der Waals surface area contributed by atoms with Gasteiger partial charge in [0.2, 0.25) is 0 Å². The minimum atomic E-state index is -4.04. The molecule has 4 saturated carbocycles. The average Bonchev–Trinajstić information content (AvgIpc) is 2.96. The number of hydrogen-bond donors (Lipinski definition) is 2. The van der Waals surface area contributed by atoms with Crippen molar-refractivity contribution < 1.29 is 23.4 Å². The largest absolute Gasteiger partial charge is 0.393 e. The van der Waals surface area contributed by atoms with Gasteiger partial charge < -0.3 is 10.2 Å². The molecule has 28 heavy (non-hydrogen) atoms. The van der Waals surface area contributed by atoms with Crippen molar-refractivity contribution in [2.75, 3.05) is 6.61 Å². The summed E-state index contributed by atoms with van der Waals surface area (Å²) in [5.41, 5.74) is -0.609. The average molecular weight is 403 g/mol. The molecule has 8 unspecified atom stereocenters. The summed E-state index contributed by atoms with van der Waals surface area (Å²) in [5.74, 6) is 2.52. The Morgan fingerprint density at radius 2 is 1.61 bits per heavy atom. The second-order valence-corrected chi connectivity index (χ2v) is 11.2. The summed E-state index contributed by atoms with van der Waals surface area (Å²) in [6.07, 6.45) is 4.49. The van der Waals surface area contributed by atoms with E-state index < -0.39 is 18.2 Å². The number of aliphatic hydroxyl groups excluding tert-OH is 1. The van der Waals surface area contributed by atoms with Crippen molar-refractivity contribution in [1.82, 2.24) is 0 Å². The van der Waals surface area contributed by atoms with Crippen LogP contribution in [-0.4, -0.2) is 28.6 Å². The van der Waals surface area contributed by atoms with Crippen LogP contribution in [0.3, 0.4) is 0 Å². The van der Waals surface area contributed by atoms with E-state index >= 15 is 0 Å². The van der Waals surface area contributed by atoms with E-state index in [1.165, 1.54) is 0 Å². The van der Waals surface area contributed by atoms with E-state index in [1.807, 2.05) is 0 Å². The van der Waals surface area contributed by atoms with Crippen LogP contribution in [0.2, 0.25) is 0 Å². The third-order valence-electron chi connectivity index (χ3n) is 10.1. The molecule has 0 aromatic carbocycles.